The third kappa shape index (κ3) is 7.19. The van der Waals surface area contributed by atoms with E-state index >= 15 is 0 Å². The third-order valence-electron chi connectivity index (χ3n) is 7.05. The van der Waals surface area contributed by atoms with Gasteiger partial charge in [0, 0.05) is 34.5 Å². The van der Waals surface area contributed by atoms with Gasteiger partial charge in [-0.25, -0.2) is 4.68 Å². The van der Waals surface area contributed by atoms with Gasteiger partial charge >= 0.3 is 6.18 Å². The maximum atomic E-state index is 12.9. The van der Waals surface area contributed by atoms with Gasteiger partial charge in [0.15, 0.2) is 0 Å². The minimum Gasteiger partial charge on any atom is -0.508 e. The van der Waals surface area contributed by atoms with Crippen LogP contribution in [0.4, 0.5) is 18.9 Å². The zero-order valence-corrected chi connectivity index (χ0v) is 26.3. The molecule has 1 aromatic heterocycles. The number of hydrogen-bond donors (Lipinski definition) is 3. The highest BCUT2D eigenvalue weighted by molar-refractivity contribution is 6.37. The number of benzene rings is 5. The first kappa shape index (κ1) is 33.8. The molecule has 0 aliphatic heterocycles. The number of aromatic hydroxyl groups is 2. The highest BCUT2D eigenvalue weighted by Gasteiger charge is 2.34. The van der Waals surface area contributed by atoms with Crippen LogP contribution < -0.4 is 5.43 Å². The molecule has 5 aromatic carbocycles. The van der Waals surface area contributed by atoms with E-state index in [4.69, 9.17) is 23.2 Å². The number of nitro benzene ring substituents is 1. The van der Waals surface area contributed by atoms with Gasteiger partial charge in [-0.1, -0.05) is 59.6 Å². The maximum absolute atomic E-state index is 12.9. The number of nitro groups is 1. The number of alkyl halides is 3. The van der Waals surface area contributed by atoms with E-state index in [0.29, 0.717) is 12.1 Å². The van der Waals surface area contributed by atoms with Gasteiger partial charge in [0.25, 0.3) is 5.69 Å². The summed E-state index contributed by atoms with van der Waals surface area (Å²) in [6, 6.07) is 27.9. The molecule has 0 bridgehead atoms. The zero-order valence-electron chi connectivity index (χ0n) is 24.8. The molecule has 0 saturated heterocycles. The van der Waals surface area contributed by atoms with Crippen LogP contribution in [0.2, 0.25) is 10.0 Å². The molecule has 0 aliphatic rings. The molecule has 0 aliphatic carbocycles. The van der Waals surface area contributed by atoms with Crippen molar-refractivity contribution in [1.29, 1.82) is 0 Å². The van der Waals surface area contributed by atoms with Crippen molar-refractivity contribution in [3.8, 4) is 11.5 Å². The Hall–Kier alpha value is -5.59. The lowest BCUT2D eigenvalue weighted by molar-refractivity contribution is -0.385. The number of para-hydroxylation sites is 2. The second-order valence-electron chi connectivity index (χ2n) is 10.1. The molecule has 1 heterocycles. The van der Waals surface area contributed by atoms with E-state index in [1.165, 1.54) is 30.0 Å². The first-order chi connectivity index (χ1) is 22.9. The molecule has 0 atom stereocenters. The summed E-state index contributed by atoms with van der Waals surface area (Å²) < 4.78 is 40.6. The van der Waals surface area contributed by atoms with Gasteiger partial charge in [-0.2, -0.15) is 23.4 Å². The Morgan fingerprint density at radius 1 is 0.875 bits per heavy atom. The van der Waals surface area contributed by atoms with Crippen LogP contribution in [-0.2, 0) is 6.18 Å². The molecule has 0 saturated carbocycles. The Balaban J connectivity index is 0.000000190. The molecule has 244 valence electrons. The second-order valence-corrected chi connectivity index (χ2v) is 11.0. The van der Waals surface area contributed by atoms with Crippen molar-refractivity contribution in [2.75, 3.05) is 7.05 Å². The van der Waals surface area contributed by atoms with Gasteiger partial charge in [0.05, 0.1) is 38.3 Å². The van der Waals surface area contributed by atoms with Crippen LogP contribution in [0.15, 0.2) is 113 Å². The SMILES string of the molecule is CNN=C(c1ccc(C(F)(F)F)cc1[N+](=O)[O-])c1cc(Cl)cc(Cl)c1O.Oc1ccc(C=Nn2c3ccccc3c3ccccc32)cc1. The highest BCUT2D eigenvalue weighted by atomic mass is 35.5. The summed E-state index contributed by atoms with van der Waals surface area (Å²) in [6.07, 6.45) is -2.95. The van der Waals surface area contributed by atoms with Crippen molar-refractivity contribution in [3.05, 3.63) is 146 Å². The van der Waals surface area contributed by atoms with E-state index in [1.54, 1.807) is 18.3 Å². The molecule has 0 amide bonds. The molecule has 3 N–H and O–H groups in total. The Labute approximate surface area is 280 Å². The summed E-state index contributed by atoms with van der Waals surface area (Å²) in [5.41, 5.74) is 2.92. The molecule has 14 heteroatoms. The van der Waals surface area contributed by atoms with Crippen LogP contribution in [0, 0.1) is 10.1 Å². The predicted molar refractivity (Wildman–Crippen MR) is 181 cm³/mol. The third-order valence-corrected chi connectivity index (χ3v) is 7.56. The molecule has 48 heavy (non-hydrogen) atoms. The average Bonchev–Trinajstić information content (AvgIpc) is 3.38. The smallest absolute Gasteiger partial charge is 0.416 e. The largest absolute Gasteiger partial charge is 0.508 e. The van der Waals surface area contributed by atoms with Gasteiger partial charge in [-0.15, -0.1) is 0 Å². The highest BCUT2D eigenvalue weighted by Crippen LogP contribution is 2.37. The number of rotatable bonds is 6. The summed E-state index contributed by atoms with van der Waals surface area (Å²) in [5, 5.41) is 41.6. The van der Waals surface area contributed by atoms with E-state index in [0.717, 1.165) is 22.7 Å². The van der Waals surface area contributed by atoms with E-state index in [9.17, 15) is 33.5 Å². The molecular weight excluding hydrogens is 670 g/mol. The van der Waals surface area contributed by atoms with Crippen LogP contribution in [0.5, 0.6) is 11.5 Å². The molecule has 0 spiro atoms. The Morgan fingerprint density at radius 2 is 1.48 bits per heavy atom. The van der Waals surface area contributed by atoms with E-state index < -0.39 is 28.1 Å². The fourth-order valence-electron chi connectivity index (χ4n) is 4.89. The molecule has 6 aromatic rings. The van der Waals surface area contributed by atoms with Gasteiger partial charge in [0.2, 0.25) is 0 Å². The molecule has 0 fully saturated rings. The lowest BCUT2D eigenvalue weighted by atomic mass is 9.98. The fraction of sp³-hybridized carbons (Fsp3) is 0.0588. The summed E-state index contributed by atoms with van der Waals surface area (Å²) in [7, 11) is 1.37. The molecular formula is C34H24Cl2F3N5O4. The minimum atomic E-state index is -4.76. The quantitative estimate of drug-likeness (QED) is 0.0912. The normalized spacial score (nSPS) is 11.9. The number of halogens is 5. The summed E-state index contributed by atoms with van der Waals surface area (Å²) >= 11 is 11.7. The van der Waals surface area contributed by atoms with Gasteiger partial charge in [-0.3, -0.25) is 10.1 Å². The Bertz CT molecular complexity index is 2150. The van der Waals surface area contributed by atoms with E-state index in [1.807, 2.05) is 41.1 Å². The van der Waals surface area contributed by atoms with Crippen molar-refractivity contribution < 1.29 is 28.3 Å². The summed E-state index contributed by atoms with van der Waals surface area (Å²) in [4.78, 5) is 10.3. The van der Waals surface area contributed by atoms with Crippen LogP contribution in [0.1, 0.15) is 22.3 Å². The van der Waals surface area contributed by atoms with Crippen molar-refractivity contribution >= 4 is 62.6 Å². The van der Waals surface area contributed by atoms with Crippen LogP contribution in [0.25, 0.3) is 21.8 Å². The lowest BCUT2D eigenvalue weighted by Crippen LogP contribution is -2.13. The monoisotopic (exact) mass is 693 g/mol. The molecule has 9 nitrogen and oxygen atoms in total. The van der Waals surface area contributed by atoms with Crippen molar-refractivity contribution in [1.82, 2.24) is 10.1 Å². The predicted octanol–water partition coefficient (Wildman–Crippen LogP) is 8.98. The van der Waals surface area contributed by atoms with Crippen LogP contribution in [-0.4, -0.2) is 38.8 Å². The van der Waals surface area contributed by atoms with Crippen molar-refractivity contribution in [3.63, 3.8) is 0 Å². The second kappa shape index (κ2) is 14.0. The number of fused-ring (bicyclic) bond motifs is 3. The summed E-state index contributed by atoms with van der Waals surface area (Å²) in [6.45, 7) is 0. The molecule has 0 radical (unpaired) electrons. The summed E-state index contributed by atoms with van der Waals surface area (Å²) in [5.74, 6) is -0.215. The zero-order chi connectivity index (χ0) is 34.6. The number of hydrazone groups is 1. The minimum absolute atomic E-state index is 0.0836. The lowest BCUT2D eigenvalue weighted by Gasteiger charge is -2.13. The average molecular weight is 694 g/mol. The van der Waals surface area contributed by atoms with Crippen molar-refractivity contribution in [2.24, 2.45) is 10.2 Å². The Morgan fingerprint density at radius 3 is 2.04 bits per heavy atom. The molecule has 6 rings (SSSR count). The topological polar surface area (TPSA) is 125 Å². The Kier molecular flexibility index (Phi) is 9.87. The number of nitrogens with one attached hydrogen (secondary N) is 1. The fourth-order valence-corrected chi connectivity index (χ4v) is 5.39. The molecule has 0 unspecified atom stereocenters. The van der Waals surface area contributed by atoms with Crippen molar-refractivity contribution in [2.45, 2.75) is 6.18 Å². The number of hydrogen-bond acceptors (Lipinski definition) is 7. The number of phenols is 2. The van der Waals surface area contributed by atoms with Crippen LogP contribution >= 0.6 is 23.2 Å². The van der Waals surface area contributed by atoms with Gasteiger partial charge < -0.3 is 15.6 Å². The number of aromatic nitrogens is 1. The first-order valence-corrected chi connectivity index (χ1v) is 14.7. The number of phenolic OH excluding ortho intramolecular Hbond substituents is 2. The van der Waals surface area contributed by atoms with Crippen LogP contribution in [0.3, 0.4) is 0 Å². The number of nitrogens with zero attached hydrogens (tertiary/aromatic N) is 4. The first-order valence-electron chi connectivity index (χ1n) is 14.0. The maximum Gasteiger partial charge on any atom is 0.416 e. The van der Waals surface area contributed by atoms with Gasteiger partial charge in [0.1, 0.15) is 17.2 Å². The van der Waals surface area contributed by atoms with E-state index in [2.05, 4.69) is 39.9 Å². The van der Waals surface area contributed by atoms with E-state index in [-0.39, 0.29) is 32.6 Å². The standard InChI is InChI=1S/C19H14N2O.C15H10Cl2F3N3O3/c22-15-11-9-14(10-12-15)13-20-21-18-7-3-1-5-16(18)17-6-2-4-8-19(17)21;1-21-22-13(10-5-8(16)6-11(17)14(10)24)9-3-2-7(15(18,19)20)4-12(9)23(25)26/h1-13,22H;2-6,21,24H,1H3. The van der Waals surface area contributed by atoms with Gasteiger partial charge in [-0.05, 0) is 66.2 Å².